The lowest BCUT2D eigenvalue weighted by Crippen LogP contribution is -2.13. The third-order valence-corrected chi connectivity index (χ3v) is 3.79. The van der Waals surface area contributed by atoms with Crippen molar-refractivity contribution in [2.24, 2.45) is 7.05 Å². The summed E-state index contributed by atoms with van der Waals surface area (Å²) in [5.74, 6) is 1.24. The molecule has 0 aromatic carbocycles. The Hall–Kier alpha value is -2.43. The zero-order valence-electron chi connectivity index (χ0n) is 13.7. The van der Waals surface area contributed by atoms with Crippen molar-refractivity contribution in [1.29, 1.82) is 0 Å². The van der Waals surface area contributed by atoms with E-state index in [-0.39, 0.29) is 0 Å². The fourth-order valence-electron chi connectivity index (χ4n) is 2.72. The fourth-order valence-corrected chi connectivity index (χ4v) is 2.72. The van der Waals surface area contributed by atoms with E-state index in [0.717, 1.165) is 33.9 Å². The van der Waals surface area contributed by atoms with E-state index in [0.29, 0.717) is 5.92 Å². The van der Waals surface area contributed by atoms with E-state index in [1.165, 1.54) is 0 Å². The molecule has 0 spiro atoms. The van der Waals surface area contributed by atoms with Crippen LogP contribution in [0.1, 0.15) is 25.5 Å². The van der Waals surface area contributed by atoms with Crippen molar-refractivity contribution < 1.29 is 0 Å². The normalized spacial score (nSPS) is 11.4. The van der Waals surface area contributed by atoms with E-state index < -0.39 is 0 Å². The highest BCUT2D eigenvalue weighted by atomic mass is 15.3. The Balaban J connectivity index is 2.30. The van der Waals surface area contributed by atoms with Gasteiger partial charge in [-0.1, -0.05) is 13.8 Å². The van der Waals surface area contributed by atoms with Gasteiger partial charge in [-0.3, -0.25) is 9.55 Å². The second-order valence-electron chi connectivity index (χ2n) is 6.02. The van der Waals surface area contributed by atoms with E-state index in [9.17, 15) is 0 Å². The van der Waals surface area contributed by atoms with Crippen molar-refractivity contribution in [3.05, 3.63) is 36.3 Å². The third kappa shape index (κ3) is 2.32. The largest absolute Gasteiger partial charge is 0.348 e. The van der Waals surface area contributed by atoms with Crippen LogP contribution in [0, 0.1) is 0 Å². The number of rotatable bonds is 3. The van der Waals surface area contributed by atoms with Crippen LogP contribution in [-0.2, 0) is 7.05 Å². The number of aryl methyl sites for hydroxylation is 1. The van der Waals surface area contributed by atoms with Gasteiger partial charge in [0.2, 0.25) is 5.95 Å². The molecule has 0 radical (unpaired) electrons. The van der Waals surface area contributed by atoms with Crippen LogP contribution >= 0.6 is 0 Å². The molecule has 0 saturated heterocycles. The lowest BCUT2D eigenvalue weighted by Gasteiger charge is -2.13. The van der Waals surface area contributed by atoms with Crippen LogP contribution in [0.5, 0.6) is 0 Å². The van der Waals surface area contributed by atoms with Crippen LogP contribution in [-0.4, -0.2) is 33.6 Å². The molecule has 0 bridgehead atoms. The molecule has 3 aromatic rings. The topological polar surface area (TPSA) is 46.8 Å². The van der Waals surface area contributed by atoms with Gasteiger partial charge in [0.15, 0.2) is 5.65 Å². The van der Waals surface area contributed by atoms with Crippen molar-refractivity contribution in [3.63, 3.8) is 0 Å². The summed E-state index contributed by atoms with van der Waals surface area (Å²) in [5.41, 5.74) is 5.19. The molecular weight excluding hydrogens is 274 g/mol. The van der Waals surface area contributed by atoms with Crippen LogP contribution in [0.15, 0.2) is 30.6 Å². The minimum atomic E-state index is 0.338. The van der Waals surface area contributed by atoms with Crippen molar-refractivity contribution in [3.8, 4) is 11.1 Å². The Morgan fingerprint density at radius 3 is 2.36 bits per heavy atom. The average Bonchev–Trinajstić information content (AvgIpc) is 2.83. The van der Waals surface area contributed by atoms with Gasteiger partial charge >= 0.3 is 0 Å². The molecule has 0 saturated carbocycles. The summed E-state index contributed by atoms with van der Waals surface area (Å²) in [5, 5.41) is 0. The molecule has 0 unspecified atom stereocenters. The van der Waals surface area contributed by atoms with Crippen LogP contribution in [0.2, 0.25) is 0 Å². The van der Waals surface area contributed by atoms with Crippen molar-refractivity contribution in [2.75, 3.05) is 19.0 Å². The zero-order chi connectivity index (χ0) is 15.9. The van der Waals surface area contributed by atoms with Crippen LogP contribution < -0.4 is 4.90 Å². The highest BCUT2D eigenvalue weighted by molar-refractivity contribution is 5.82. The Kier molecular flexibility index (Phi) is 3.56. The fraction of sp³-hybridized carbons (Fsp3) is 0.353. The number of hydrogen-bond donors (Lipinski definition) is 0. The second-order valence-corrected chi connectivity index (χ2v) is 6.02. The highest BCUT2D eigenvalue weighted by Gasteiger charge is 2.17. The molecule has 3 heterocycles. The number of anilines is 1. The molecule has 3 aromatic heterocycles. The lowest BCUT2D eigenvalue weighted by molar-refractivity contribution is 0.819. The molecule has 114 valence electrons. The summed E-state index contributed by atoms with van der Waals surface area (Å²) >= 11 is 0. The quantitative estimate of drug-likeness (QED) is 0.744. The summed E-state index contributed by atoms with van der Waals surface area (Å²) in [7, 11) is 6.00. The van der Waals surface area contributed by atoms with Gasteiger partial charge in [-0.25, -0.2) is 9.97 Å². The molecule has 0 aliphatic rings. The van der Waals surface area contributed by atoms with Gasteiger partial charge in [-0.2, -0.15) is 0 Å². The Labute approximate surface area is 130 Å². The lowest BCUT2D eigenvalue weighted by atomic mass is 9.98. The van der Waals surface area contributed by atoms with E-state index in [1.807, 2.05) is 55.1 Å². The molecule has 0 N–H and O–H groups in total. The van der Waals surface area contributed by atoms with E-state index in [1.54, 1.807) is 0 Å². The van der Waals surface area contributed by atoms with Crippen LogP contribution in [0.25, 0.3) is 22.3 Å². The number of hydrogen-bond acceptors (Lipinski definition) is 4. The number of nitrogens with zero attached hydrogens (tertiary/aromatic N) is 5. The average molecular weight is 295 g/mol. The number of pyridine rings is 2. The van der Waals surface area contributed by atoms with Crippen molar-refractivity contribution in [2.45, 2.75) is 19.8 Å². The molecular formula is C17H21N5. The second kappa shape index (κ2) is 5.40. The van der Waals surface area contributed by atoms with E-state index in [2.05, 4.69) is 24.9 Å². The summed E-state index contributed by atoms with van der Waals surface area (Å²) < 4.78 is 2.04. The Morgan fingerprint density at radius 2 is 1.77 bits per heavy atom. The van der Waals surface area contributed by atoms with Gasteiger partial charge in [0, 0.05) is 39.1 Å². The van der Waals surface area contributed by atoms with Gasteiger partial charge in [-0.05, 0) is 29.7 Å². The Bertz CT molecular complexity index is 803. The van der Waals surface area contributed by atoms with Crippen LogP contribution in [0.3, 0.4) is 0 Å². The highest BCUT2D eigenvalue weighted by Crippen LogP contribution is 2.31. The molecule has 5 nitrogen and oxygen atoms in total. The summed E-state index contributed by atoms with van der Waals surface area (Å²) in [6, 6.07) is 6.18. The molecule has 0 amide bonds. The van der Waals surface area contributed by atoms with Gasteiger partial charge in [0.25, 0.3) is 0 Å². The zero-order valence-corrected chi connectivity index (χ0v) is 13.7. The maximum atomic E-state index is 4.91. The van der Waals surface area contributed by atoms with Gasteiger partial charge in [0.05, 0.1) is 5.69 Å². The maximum absolute atomic E-state index is 4.91. The molecule has 22 heavy (non-hydrogen) atoms. The third-order valence-electron chi connectivity index (χ3n) is 3.79. The van der Waals surface area contributed by atoms with Gasteiger partial charge < -0.3 is 4.90 Å². The minimum Gasteiger partial charge on any atom is -0.348 e. The first-order valence-corrected chi connectivity index (χ1v) is 7.44. The van der Waals surface area contributed by atoms with Crippen molar-refractivity contribution >= 4 is 17.1 Å². The monoisotopic (exact) mass is 295 g/mol. The molecule has 0 aliphatic heterocycles. The first-order chi connectivity index (χ1) is 10.5. The SMILES string of the molecule is CC(C)c1nc2c(cc1-c1ccncc1)nc(N(C)C)n2C. The number of imidazole rings is 1. The first kappa shape index (κ1) is 14.5. The predicted molar refractivity (Wildman–Crippen MR) is 90.2 cm³/mol. The van der Waals surface area contributed by atoms with Gasteiger partial charge in [0.1, 0.15) is 5.52 Å². The summed E-state index contributed by atoms with van der Waals surface area (Å²) in [4.78, 5) is 15.7. The molecule has 0 aliphatic carbocycles. The van der Waals surface area contributed by atoms with E-state index >= 15 is 0 Å². The standard InChI is InChI=1S/C17H21N5/c1-11(2)15-13(12-6-8-18-9-7-12)10-14-16(20-15)22(5)17(19-14)21(3)4/h6-11H,1-5H3. The minimum absolute atomic E-state index is 0.338. The van der Waals surface area contributed by atoms with Crippen LogP contribution in [0.4, 0.5) is 5.95 Å². The smallest absolute Gasteiger partial charge is 0.206 e. The molecule has 0 fully saturated rings. The van der Waals surface area contributed by atoms with Crippen molar-refractivity contribution in [1.82, 2.24) is 19.5 Å². The molecule has 0 atom stereocenters. The summed E-state index contributed by atoms with van der Waals surface area (Å²) in [6.45, 7) is 4.34. The van der Waals surface area contributed by atoms with E-state index in [4.69, 9.17) is 9.97 Å². The van der Waals surface area contributed by atoms with Gasteiger partial charge in [-0.15, -0.1) is 0 Å². The Morgan fingerprint density at radius 1 is 1.09 bits per heavy atom. The predicted octanol–water partition coefficient (Wildman–Crippen LogP) is 3.22. The maximum Gasteiger partial charge on any atom is 0.206 e. The molecule has 3 rings (SSSR count). The summed E-state index contributed by atoms with van der Waals surface area (Å²) in [6.07, 6.45) is 3.63. The number of aromatic nitrogens is 4. The molecule has 5 heteroatoms. The first-order valence-electron chi connectivity index (χ1n) is 7.44. The number of fused-ring (bicyclic) bond motifs is 1.